The second-order valence-corrected chi connectivity index (χ2v) is 16.3. The van der Waals surface area contributed by atoms with E-state index in [9.17, 15) is 8.60 Å². The van der Waals surface area contributed by atoms with Gasteiger partial charge in [0.15, 0.2) is 21.9 Å². The lowest BCUT2D eigenvalue weighted by Crippen LogP contribution is -2.52. The largest absolute Gasteiger partial charge is 0.461 e. The fraction of sp³-hybridized carbons (Fsp3) is 0.618. The smallest absolute Gasteiger partial charge is 0.319 e. The van der Waals surface area contributed by atoms with E-state index >= 15 is 0 Å². The lowest BCUT2D eigenvalue weighted by atomic mass is 9.92. The molecule has 10 nitrogen and oxygen atoms in total. The topological polar surface area (TPSA) is 113 Å². The average molecular weight is 681 g/mol. The van der Waals surface area contributed by atoms with Crippen LogP contribution in [-0.2, 0) is 11.0 Å². The molecule has 7 heterocycles. The van der Waals surface area contributed by atoms with Gasteiger partial charge in [-0.05, 0) is 82.0 Å². The number of ether oxygens (including phenoxy) is 1. The zero-order chi connectivity index (χ0) is 32.4. The van der Waals surface area contributed by atoms with Crippen LogP contribution in [0.3, 0.4) is 0 Å². The number of anilines is 2. The highest BCUT2D eigenvalue weighted by Gasteiger charge is 2.48. The molecule has 4 unspecified atom stereocenters. The minimum absolute atomic E-state index is 0.0299. The summed E-state index contributed by atoms with van der Waals surface area (Å²) < 4.78 is 38.7. The molecule has 0 radical (unpaired) electrons. The number of nitrogens with one attached hydrogen (secondary N) is 1. The van der Waals surface area contributed by atoms with Gasteiger partial charge in [0.1, 0.15) is 17.3 Å². The fourth-order valence-electron chi connectivity index (χ4n) is 8.70. The Bertz CT molecular complexity index is 1730. The number of rotatable bonds is 6. The first-order valence-electron chi connectivity index (χ1n) is 17.4. The molecule has 5 atom stereocenters. The van der Waals surface area contributed by atoms with Gasteiger partial charge in [-0.2, -0.15) is 9.97 Å². The molecule has 47 heavy (non-hydrogen) atoms. The number of hydrogen-bond acceptors (Lipinski definition) is 10. The number of halogens is 1. The second-order valence-electron chi connectivity index (χ2n) is 14.0. The first-order valence-corrected chi connectivity index (χ1v) is 19.4. The summed E-state index contributed by atoms with van der Waals surface area (Å²) in [6.45, 7) is 10.7. The summed E-state index contributed by atoms with van der Waals surface area (Å²) in [5, 5.41) is 4.02. The summed E-state index contributed by atoms with van der Waals surface area (Å²) in [5.41, 5.74) is 8.65. The van der Waals surface area contributed by atoms with Crippen molar-refractivity contribution in [1.82, 2.24) is 29.5 Å². The molecule has 3 N–H and O–H groups in total. The van der Waals surface area contributed by atoms with E-state index in [1.54, 1.807) is 6.07 Å². The van der Waals surface area contributed by atoms with Crippen molar-refractivity contribution in [3.05, 3.63) is 29.2 Å². The molecule has 1 aliphatic carbocycles. The fourth-order valence-corrected chi connectivity index (χ4v) is 11.1. The van der Waals surface area contributed by atoms with Crippen molar-refractivity contribution in [3.63, 3.8) is 0 Å². The first-order chi connectivity index (χ1) is 22.8. The SMILES string of the molecule is CC.CC1CN2CCC[C@@]2(COc2nc3c(c(N4CC5CCC(C4)N5)n2)S(=O)N(C2CCC2)C(c2ccc(F)c4sc(N)nc24)=C3)C1. The van der Waals surface area contributed by atoms with E-state index < -0.39 is 11.0 Å². The molecule has 4 saturated heterocycles. The highest BCUT2D eigenvalue weighted by Crippen LogP contribution is 2.46. The maximum absolute atomic E-state index is 14.9. The molecule has 5 fully saturated rings. The van der Waals surface area contributed by atoms with Gasteiger partial charge in [-0.3, -0.25) is 9.21 Å². The lowest BCUT2D eigenvalue weighted by molar-refractivity contribution is 0.107. The number of nitrogen functional groups attached to an aromatic ring is 1. The minimum atomic E-state index is -1.58. The van der Waals surface area contributed by atoms with Crippen molar-refractivity contribution in [2.45, 2.75) is 101 Å². The Hall–Kier alpha value is -2.87. The minimum Gasteiger partial charge on any atom is -0.461 e. The summed E-state index contributed by atoms with van der Waals surface area (Å²) in [4.78, 5) is 20.1. The average Bonchev–Trinajstić information content (AvgIpc) is 3.79. The standard InChI is InChI=1S/C32H39FN8O2S2.C2H6/c1-18-13-32(10-3-11-40(32)14-18)17-43-31-36-24-12-25(22-8-9-23(33)27-26(22)37-30(34)44-27)41(21-4-2-5-21)45(42)28(24)29(38-31)39-15-19-6-7-20(16-39)35-19;1-2/h8-9,12,18-21,35H,2-7,10-11,13-17H2,1H3,(H2,34,37);1-2H3/t18?,19?,20?,32-,45?;/m0./s1. The maximum Gasteiger partial charge on any atom is 0.319 e. The predicted molar refractivity (Wildman–Crippen MR) is 186 cm³/mol. The van der Waals surface area contributed by atoms with Crippen LogP contribution in [0.4, 0.5) is 15.3 Å². The van der Waals surface area contributed by atoms with Crippen molar-refractivity contribution in [2.24, 2.45) is 5.92 Å². The highest BCUT2D eigenvalue weighted by atomic mass is 32.2. The second kappa shape index (κ2) is 12.2. The number of hydrogen-bond donors (Lipinski definition) is 2. The van der Waals surface area contributed by atoms with E-state index in [4.69, 9.17) is 20.4 Å². The van der Waals surface area contributed by atoms with Crippen LogP contribution >= 0.6 is 11.3 Å². The zero-order valence-corrected chi connectivity index (χ0v) is 29.1. The third-order valence-corrected chi connectivity index (χ3v) is 13.4. The molecule has 6 aliphatic rings. The monoisotopic (exact) mass is 680 g/mol. The molecule has 2 aromatic heterocycles. The Labute approximate surface area is 282 Å². The van der Waals surface area contributed by atoms with Crippen LogP contribution < -0.4 is 20.7 Å². The summed E-state index contributed by atoms with van der Waals surface area (Å²) in [6.07, 6.45) is 10.7. The summed E-state index contributed by atoms with van der Waals surface area (Å²) >= 11 is 1.14. The Morgan fingerprint density at radius 1 is 1.11 bits per heavy atom. The number of piperazine rings is 1. The van der Waals surface area contributed by atoms with Crippen molar-refractivity contribution >= 4 is 55.3 Å². The van der Waals surface area contributed by atoms with E-state index in [2.05, 4.69) is 27.0 Å². The van der Waals surface area contributed by atoms with Gasteiger partial charge < -0.3 is 20.7 Å². The Kier molecular flexibility index (Phi) is 8.17. The third kappa shape index (κ3) is 5.32. The van der Waals surface area contributed by atoms with Crippen LogP contribution in [0.5, 0.6) is 6.01 Å². The number of nitrogens with zero attached hydrogens (tertiary/aromatic N) is 6. The van der Waals surface area contributed by atoms with Gasteiger partial charge in [0, 0.05) is 43.3 Å². The van der Waals surface area contributed by atoms with E-state index in [0.29, 0.717) is 67.9 Å². The molecule has 3 aromatic rings. The van der Waals surface area contributed by atoms with Crippen LogP contribution in [0, 0.1) is 11.7 Å². The van der Waals surface area contributed by atoms with Gasteiger partial charge in [-0.25, -0.2) is 13.6 Å². The van der Waals surface area contributed by atoms with Crippen molar-refractivity contribution in [3.8, 4) is 6.01 Å². The van der Waals surface area contributed by atoms with Gasteiger partial charge >= 0.3 is 6.01 Å². The number of nitrogens with two attached hydrogens (primary N) is 1. The van der Waals surface area contributed by atoms with Crippen LogP contribution in [0.25, 0.3) is 22.0 Å². The van der Waals surface area contributed by atoms with Crippen LogP contribution in [0.2, 0.25) is 0 Å². The molecule has 0 spiro atoms. The van der Waals surface area contributed by atoms with Gasteiger partial charge in [0.2, 0.25) is 0 Å². The quantitative estimate of drug-likeness (QED) is 0.353. The summed E-state index contributed by atoms with van der Waals surface area (Å²) in [5.74, 6) is 1.00. The van der Waals surface area contributed by atoms with E-state index in [1.165, 1.54) is 12.5 Å². The lowest BCUT2D eigenvalue weighted by Gasteiger charge is -2.42. The van der Waals surface area contributed by atoms with E-state index in [0.717, 1.165) is 88.2 Å². The van der Waals surface area contributed by atoms with Gasteiger partial charge in [-0.1, -0.05) is 32.1 Å². The molecule has 1 aromatic carbocycles. The van der Waals surface area contributed by atoms with Crippen LogP contribution in [0.15, 0.2) is 17.0 Å². The summed E-state index contributed by atoms with van der Waals surface area (Å²) in [6, 6.07) is 4.40. The Morgan fingerprint density at radius 2 is 1.89 bits per heavy atom. The highest BCUT2D eigenvalue weighted by molar-refractivity contribution is 7.83. The molecule has 2 bridgehead atoms. The molecule has 13 heteroatoms. The van der Waals surface area contributed by atoms with Gasteiger partial charge in [0.05, 0.1) is 27.1 Å². The number of fused-ring (bicyclic) bond motifs is 5. The summed E-state index contributed by atoms with van der Waals surface area (Å²) in [7, 11) is -1.58. The maximum atomic E-state index is 14.9. The van der Waals surface area contributed by atoms with Crippen LogP contribution in [0.1, 0.15) is 83.4 Å². The van der Waals surface area contributed by atoms with Crippen molar-refractivity contribution < 1.29 is 13.3 Å². The first kappa shape index (κ1) is 31.4. The molecular formula is C34H45FN8O2S2. The van der Waals surface area contributed by atoms with E-state index in [1.807, 2.05) is 24.2 Å². The molecule has 0 amide bonds. The third-order valence-electron chi connectivity index (χ3n) is 10.9. The zero-order valence-electron chi connectivity index (χ0n) is 27.5. The number of aromatic nitrogens is 3. The van der Waals surface area contributed by atoms with Crippen LogP contribution in [-0.4, -0.2) is 84.8 Å². The molecular weight excluding hydrogens is 636 g/mol. The van der Waals surface area contributed by atoms with Crippen molar-refractivity contribution in [1.29, 1.82) is 0 Å². The van der Waals surface area contributed by atoms with Crippen molar-refractivity contribution in [2.75, 3.05) is 43.4 Å². The molecule has 252 valence electrons. The molecule has 9 rings (SSSR count). The van der Waals surface area contributed by atoms with Gasteiger partial charge in [0.25, 0.3) is 0 Å². The Balaban J connectivity index is 0.00000159. The van der Waals surface area contributed by atoms with Gasteiger partial charge in [-0.15, -0.1) is 0 Å². The van der Waals surface area contributed by atoms with E-state index in [-0.39, 0.29) is 17.4 Å². The molecule has 1 saturated carbocycles. The Morgan fingerprint density at radius 3 is 2.64 bits per heavy atom. The number of benzene rings is 1. The molecule has 5 aliphatic heterocycles. The number of thiazole rings is 1. The normalized spacial score (nSPS) is 30.1. The predicted octanol–water partition coefficient (Wildman–Crippen LogP) is 5.42.